The molecular weight excluding hydrogens is 234 g/mol. The highest BCUT2D eigenvalue weighted by Gasteiger charge is 2.36. The molecule has 0 aromatic rings. The van der Waals surface area contributed by atoms with Crippen LogP contribution in [0.3, 0.4) is 0 Å². The molecule has 2 heteroatoms. The van der Waals surface area contributed by atoms with Gasteiger partial charge in [-0.05, 0) is 63.7 Å². The second kappa shape index (κ2) is 6.76. The predicted molar refractivity (Wildman–Crippen MR) is 80.0 cm³/mol. The van der Waals surface area contributed by atoms with E-state index in [-0.39, 0.29) is 0 Å². The molecule has 0 radical (unpaired) electrons. The van der Waals surface area contributed by atoms with Gasteiger partial charge in [-0.1, -0.05) is 19.3 Å². The third-order valence-electron chi connectivity index (χ3n) is 5.66. The Balaban J connectivity index is 1.78. The van der Waals surface area contributed by atoms with Gasteiger partial charge in [0.15, 0.2) is 0 Å². The van der Waals surface area contributed by atoms with Crippen molar-refractivity contribution in [3.63, 3.8) is 0 Å². The number of rotatable bonds is 4. The highest BCUT2D eigenvalue weighted by molar-refractivity contribution is 5.76. The van der Waals surface area contributed by atoms with Gasteiger partial charge in [0.25, 0.3) is 0 Å². The van der Waals surface area contributed by atoms with Gasteiger partial charge < -0.3 is 4.90 Å². The highest BCUT2D eigenvalue weighted by atomic mass is 16.2. The number of carbonyl (C=O) groups excluding carboxylic acids is 1. The fraction of sp³-hybridized carbons (Fsp3) is 0.941. The van der Waals surface area contributed by atoms with Gasteiger partial charge in [0.05, 0.1) is 0 Å². The molecule has 0 atom stereocenters. The molecule has 19 heavy (non-hydrogen) atoms. The van der Waals surface area contributed by atoms with Gasteiger partial charge in [0.2, 0.25) is 5.91 Å². The third kappa shape index (κ3) is 3.73. The van der Waals surface area contributed by atoms with E-state index in [2.05, 4.69) is 13.8 Å². The van der Waals surface area contributed by atoms with Crippen LogP contribution in [0.1, 0.15) is 78.1 Å². The van der Waals surface area contributed by atoms with Gasteiger partial charge in [-0.3, -0.25) is 4.79 Å². The van der Waals surface area contributed by atoms with Gasteiger partial charge in [-0.2, -0.15) is 0 Å². The molecule has 0 unspecified atom stereocenters. The topological polar surface area (TPSA) is 20.3 Å². The maximum Gasteiger partial charge on any atom is 0.222 e. The Morgan fingerprint density at radius 3 is 2.11 bits per heavy atom. The highest BCUT2D eigenvalue weighted by Crippen LogP contribution is 2.49. The number of hydrogen-bond donors (Lipinski definition) is 0. The van der Waals surface area contributed by atoms with E-state index in [0.29, 0.717) is 17.2 Å². The molecule has 0 aromatic heterocycles. The van der Waals surface area contributed by atoms with E-state index in [0.717, 1.165) is 19.5 Å². The van der Waals surface area contributed by atoms with Crippen molar-refractivity contribution < 1.29 is 4.79 Å². The second-order valence-corrected chi connectivity index (χ2v) is 6.77. The van der Waals surface area contributed by atoms with Crippen LogP contribution < -0.4 is 0 Å². The Morgan fingerprint density at radius 1 is 1.00 bits per heavy atom. The maximum atomic E-state index is 12.2. The molecule has 2 nitrogen and oxygen atoms in total. The number of hydrogen-bond acceptors (Lipinski definition) is 1. The van der Waals surface area contributed by atoms with E-state index in [9.17, 15) is 4.79 Å². The van der Waals surface area contributed by atoms with Crippen molar-refractivity contribution >= 4 is 5.91 Å². The fourth-order valence-corrected chi connectivity index (χ4v) is 4.25. The summed E-state index contributed by atoms with van der Waals surface area (Å²) in [6.07, 6.45) is 13.5. The molecule has 2 aliphatic carbocycles. The van der Waals surface area contributed by atoms with Crippen LogP contribution in [-0.2, 0) is 4.79 Å². The monoisotopic (exact) mass is 265 g/mol. The molecule has 2 aliphatic rings. The van der Waals surface area contributed by atoms with Crippen molar-refractivity contribution in [3.8, 4) is 0 Å². The zero-order chi connectivity index (χ0) is 13.7. The minimum absolute atomic E-state index is 0.384. The maximum absolute atomic E-state index is 12.2. The fourth-order valence-electron chi connectivity index (χ4n) is 4.25. The van der Waals surface area contributed by atoms with Crippen LogP contribution in [-0.4, -0.2) is 23.9 Å². The van der Waals surface area contributed by atoms with Crippen molar-refractivity contribution in [3.05, 3.63) is 0 Å². The molecule has 2 saturated carbocycles. The molecule has 0 heterocycles. The van der Waals surface area contributed by atoms with Crippen LogP contribution in [0.4, 0.5) is 0 Å². The largest absolute Gasteiger partial charge is 0.343 e. The summed E-state index contributed by atoms with van der Waals surface area (Å²) in [4.78, 5) is 14.2. The molecule has 0 bridgehead atoms. The number of amides is 1. The van der Waals surface area contributed by atoms with Gasteiger partial charge in [0.1, 0.15) is 0 Å². The van der Waals surface area contributed by atoms with E-state index in [4.69, 9.17) is 0 Å². The average molecular weight is 265 g/mol. The molecule has 0 aromatic carbocycles. The first-order chi connectivity index (χ1) is 9.19. The quantitative estimate of drug-likeness (QED) is 0.738. The summed E-state index contributed by atoms with van der Waals surface area (Å²) in [6.45, 7) is 5.90. The Kier molecular flexibility index (Phi) is 5.29. The van der Waals surface area contributed by atoms with Crippen LogP contribution in [0.5, 0.6) is 0 Å². The van der Waals surface area contributed by atoms with Crippen molar-refractivity contribution in [2.75, 3.05) is 13.1 Å². The van der Waals surface area contributed by atoms with E-state index in [1.165, 1.54) is 57.8 Å². The van der Waals surface area contributed by atoms with Crippen LogP contribution in [0, 0.1) is 11.3 Å². The van der Waals surface area contributed by atoms with Crippen LogP contribution in [0.2, 0.25) is 0 Å². The van der Waals surface area contributed by atoms with Crippen molar-refractivity contribution in [2.45, 2.75) is 78.1 Å². The normalized spacial score (nSPS) is 23.5. The zero-order valence-electron chi connectivity index (χ0n) is 12.9. The predicted octanol–water partition coefficient (Wildman–Crippen LogP) is 4.39. The minimum Gasteiger partial charge on any atom is -0.343 e. The van der Waals surface area contributed by atoms with E-state index >= 15 is 0 Å². The standard InChI is InChI=1S/C17H31NO/c1-3-18(4-2)16(19)14-15-8-12-17(13-9-15)10-6-5-7-11-17/h15H,3-14H2,1-2H3. The number of carbonyl (C=O) groups is 1. The molecule has 2 rings (SSSR count). The lowest BCUT2D eigenvalue weighted by Crippen LogP contribution is -2.34. The number of nitrogens with zero attached hydrogens (tertiary/aromatic N) is 1. The molecule has 0 saturated heterocycles. The van der Waals surface area contributed by atoms with Crippen molar-refractivity contribution in [1.82, 2.24) is 4.90 Å². The smallest absolute Gasteiger partial charge is 0.222 e. The molecule has 110 valence electrons. The first kappa shape index (κ1) is 14.9. The Bertz CT molecular complexity index is 280. The Morgan fingerprint density at radius 2 is 1.58 bits per heavy atom. The molecule has 2 fully saturated rings. The summed E-state index contributed by atoms with van der Waals surface area (Å²) in [5.74, 6) is 1.05. The molecule has 0 aliphatic heterocycles. The summed E-state index contributed by atoms with van der Waals surface area (Å²) in [5.41, 5.74) is 0.687. The Labute approximate surface area is 118 Å². The first-order valence-electron chi connectivity index (χ1n) is 8.47. The average Bonchev–Trinajstić information content (AvgIpc) is 2.44. The van der Waals surface area contributed by atoms with Crippen LogP contribution in [0.15, 0.2) is 0 Å². The summed E-state index contributed by atoms with van der Waals surface area (Å²) in [5, 5.41) is 0. The first-order valence-corrected chi connectivity index (χ1v) is 8.47. The van der Waals surface area contributed by atoms with Crippen molar-refractivity contribution in [2.24, 2.45) is 11.3 Å². The molecular formula is C17H31NO. The van der Waals surface area contributed by atoms with Crippen molar-refractivity contribution in [1.29, 1.82) is 0 Å². The molecule has 1 amide bonds. The summed E-state index contributed by atoms with van der Waals surface area (Å²) < 4.78 is 0. The molecule has 0 N–H and O–H groups in total. The summed E-state index contributed by atoms with van der Waals surface area (Å²) >= 11 is 0. The lowest BCUT2D eigenvalue weighted by atomic mass is 9.63. The van der Waals surface area contributed by atoms with E-state index in [1.807, 2.05) is 4.90 Å². The lowest BCUT2D eigenvalue weighted by molar-refractivity contribution is -0.132. The SMILES string of the molecule is CCN(CC)C(=O)CC1CCC2(CCCCC2)CC1. The van der Waals surface area contributed by atoms with Crippen LogP contribution >= 0.6 is 0 Å². The van der Waals surface area contributed by atoms with Crippen LogP contribution in [0.25, 0.3) is 0 Å². The van der Waals surface area contributed by atoms with E-state index < -0.39 is 0 Å². The van der Waals surface area contributed by atoms with Gasteiger partial charge in [-0.25, -0.2) is 0 Å². The summed E-state index contributed by atoms with van der Waals surface area (Å²) in [7, 11) is 0. The third-order valence-corrected chi connectivity index (χ3v) is 5.66. The molecule has 1 spiro atoms. The minimum atomic E-state index is 0.384. The van der Waals surface area contributed by atoms with Gasteiger partial charge >= 0.3 is 0 Å². The zero-order valence-corrected chi connectivity index (χ0v) is 12.9. The van der Waals surface area contributed by atoms with E-state index in [1.54, 1.807) is 0 Å². The summed E-state index contributed by atoms with van der Waals surface area (Å²) in [6, 6.07) is 0. The second-order valence-electron chi connectivity index (χ2n) is 6.77. The van der Waals surface area contributed by atoms with Gasteiger partial charge in [-0.15, -0.1) is 0 Å². The van der Waals surface area contributed by atoms with Gasteiger partial charge in [0, 0.05) is 19.5 Å². The lowest BCUT2D eigenvalue weighted by Gasteiger charge is -2.43. The Hall–Kier alpha value is -0.530.